The molecule has 0 radical (unpaired) electrons. The number of halogens is 1. The maximum absolute atomic E-state index is 12.0. The largest absolute Gasteiger partial charge is 0.379 e. The van der Waals surface area contributed by atoms with Gasteiger partial charge in [-0.05, 0) is 42.2 Å². The summed E-state index contributed by atoms with van der Waals surface area (Å²) in [5, 5.41) is 6.83. The van der Waals surface area contributed by atoms with Crippen LogP contribution in [-0.2, 0) is 29.2 Å². The number of hydrogen-bond donors (Lipinski definition) is 2. The molecule has 0 unspecified atom stereocenters. The summed E-state index contributed by atoms with van der Waals surface area (Å²) in [5.41, 5.74) is 4.73. The summed E-state index contributed by atoms with van der Waals surface area (Å²) in [4.78, 5) is 21.0. The zero-order chi connectivity index (χ0) is 22.9. The average Bonchev–Trinajstić information content (AvgIpc) is 3.28. The standard InChI is InChI=1S/C26H35N5O2.HI/c1-2-27-26(28-18-21-9-11-24(12-10-21)31-13-5-8-25(31)32)29-19-22-6-3-4-7-23(22)20-30-14-16-33-17-15-30;/h3-4,6-7,9-12H,2,5,8,13-20H2,1H3,(H2,27,28,29);1H. The number of nitrogens with zero attached hydrogens (tertiary/aromatic N) is 3. The lowest BCUT2D eigenvalue weighted by Gasteiger charge is -2.27. The van der Waals surface area contributed by atoms with Gasteiger partial charge in [-0.2, -0.15) is 0 Å². The van der Waals surface area contributed by atoms with Crippen LogP contribution >= 0.6 is 24.0 Å². The van der Waals surface area contributed by atoms with Crippen LogP contribution in [0.4, 0.5) is 5.69 Å². The van der Waals surface area contributed by atoms with Crippen LogP contribution in [0.25, 0.3) is 0 Å². The highest BCUT2D eigenvalue weighted by Crippen LogP contribution is 2.21. The Hall–Kier alpha value is -2.17. The van der Waals surface area contributed by atoms with Gasteiger partial charge in [0.1, 0.15) is 0 Å². The molecule has 8 heteroatoms. The molecule has 0 spiro atoms. The van der Waals surface area contributed by atoms with E-state index in [1.165, 1.54) is 11.1 Å². The van der Waals surface area contributed by atoms with Crippen LogP contribution in [-0.4, -0.2) is 56.2 Å². The third kappa shape index (κ3) is 7.41. The van der Waals surface area contributed by atoms with Crippen LogP contribution in [0.2, 0.25) is 0 Å². The van der Waals surface area contributed by atoms with Gasteiger partial charge in [0, 0.05) is 51.4 Å². The van der Waals surface area contributed by atoms with E-state index in [1.807, 2.05) is 17.0 Å². The number of nitrogens with one attached hydrogen (secondary N) is 2. The van der Waals surface area contributed by atoms with E-state index >= 15 is 0 Å². The van der Waals surface area contributed by atoms with Crippen LogP contribution in [0, 0.1) is 0 Å². The van der Waals surface area contributed by atoms with E-state index in [9.17, 15) is 4.79 Å². The lowest BCUT2D eigenvalue weighted by atomic mass is 10.1. The Balaban J connectivity index is 0.00000324. The Morgan fingerprint density at radius 2 is 1.74 bits per heavy atom. The van der Waals surface area contributed by atoms with E-state index in [1.54, 1.807) is 0 Å². The van der Waals surface area contributed by atoms with Crippen molar-refractivity contribution in [3.05, 3.63) is 65.2 Å². The number of amides is 1. The summed E-state index contributed by atoms with van der Waals surface area (Å²) >= 11 is 0. The van der Waals surface area contributed by atoms with Crippen LogP contribution in [0.5, 0.6) is 0 Å². The van der Waals surface area contributed by atoms with Crippen molar-refractivity contribution < 1.29 is 9.53 Å². The van der Waals surface area contributed by atoms with Crippen molar-refractivity contribution in [2.24, 2.45) is 4.99 Å². The molecule has 7 nitrogen and oxygen atoms in total. The first-order chi connectivity index (χ1) is 16.2. The molecular weight excluding hydrogens is 541 g/mol. The van der Waals surface area contributed by atoms with Gasteiger partial charge in [-0.25, -0.2) is 4.99 Å². The number of aliphatic imine (C=N–C) groups is 1. The van der Waals surface area contributed by atoms with Crippen molar-refractivity contribution in [3.63, 3.8) is 0 Å². The van der Waals surface area contributed by atoms with Crippen LogP contribution in [0.15, 0.2) is 53.5 Å². The zero-order valence-corrected chi connectivity index (χ0v) is 22.3. The van der Waals surface area contributed by atoms with Crippen LogP contribution in [0.1, 0.15) is 36.5 Å². The van der Waals surface area contributed by atoms with Crippen LogP contribution < -0.4 is 15.5 Å². The molecule has 2 aromatic rings. The van der Waals surface area contributed by atoms with Gasteiger partial charge in [0.15, 0.2) is 5.96 Å². The maximum atomic E-state index is 12.0. The molecule has 34 heavy (non-hydrogen) atoms. The second kappa shape index (κ2) is 13.7. The highest BCUT2D eigenvalue weighted by atomic mass is 127. The van der Waals surface area contributed by atoms with Crippen molar-refractivity contribution in [2.45, 2.75) is 39.4 Å². The second-order valence-corrected chi connectivity index (χ2v) is 8.52. The number of guanidine groups is 1. The van der Waals surface area contributed by atoms with E-state index in [4.69, 9.17) is 9.73 Å². The smallest absolute Gasteiger partial charge is 0.227 e. The summed E-state index contributed by atoms with van der Waals surface area (Å²) in [7, 11) is 0. The summed E-state index contributed by atoms with van der Waals surface area (Å²) in [6, 6.07) is 16.8. The quantitative estimate of drug-likeness (QED) is 0.286. The van der Waals surface area contributed by atoms with Crippen molar-refractivity contribution >= 4 is 41.5 Å². The number of hydrogen-bond acceptors (Lipinski definition) is 4. The van der Waals surface area contributed by atoms with Crippen molar-refractivity contribution in [1.82, 2.24) is 15.5 Å². The van der Waals surface area contributed by atoms with E-state index < -0.39 is 0 Å². The number of anilines is 1. The predicted octanol–water partition coefficient (Wildman–Crippen LogP) is 3.52. The topological polar surface area (TPSA) is 69.2 Å². The van der Waals surface area contributed by atoms with Gasteiger partial charge in [0.25, 0.3) is 0 Å². The molecule has 184 valence electrons. The number of carbonyl (C=O) groups is 1. The molecule has 0 saturated carbocycles. The Bertz CT molecular complexity index is 944. The summed E-state index contributed by atoms with van der Waals surface area (Å²) in [6.07, 6.45) is 1.59. The van der Waals surface area contributed by atoms with Crippen molar-refractivity contribution in [3.8, 4) is 0 Å². The third-order valence-corrected chi connectivity index (χ3v) is 6.15. The first-order valence-electron chi connectivity index (χ1n) is 12.0. The molecule has 0 aromatic heterocycles. The number of ether oxygens (including phenoxy) is 1. The van der Waals surface area contributed by atoms with Gasteiger partial charge < -0.3 is 20.3 Å². The van der Waals surface area contributed by atoms with Gasteiger partial charge in [-0.1, -0.05) is 36.4 Å². The first-order valence-corrected chi connectivity index (χ1v) is 12.0. The molecule has 2 fully saturated rings. The lowest BCUT2D eigenvalue weighted by molar-refractivity contribution is -0.117. The van der Waals surface area contributed by atoms with Gasteiger partial charge in [0.2, 0.25) is 5.91 Å². The molecule has 2 N–H and O–H groups in total. The molecule has 0 atom stereocenters. The fraction of sp³-hybridized carbons (Fsp3) is 0.462. The molecular formula is C26H36IN5O2. The number of benzene rings is 2. The fourth-order valence-electron chi connectivity index (χ4n) is 4.28. The highest BCUT2D eigenvalue weighted by molar-refractivity contribution is 14.0. The minimum absolute atomic E-state index is 0. The Morgan fingerprint density at radius 3 is 2.41 bits per heavy atom. The molecule has 0 aliphatic carbocycles. The molecule has 2 aromatic carbocycles. The number of carbonyl (C=O) groups excluding carboxylic acids is 1. The maximum Gasteiger partial charge on any atom is 0.227 e. The minimum Gasteiger partial charge on any atom is -0.379 e. The van der Waals surface area contributed by atoms with E-state index in [2.05, 4.69) is 58.9 Å². The normalized spacial score (nSPS) is 16.9. The van der Waals surface area contributed by atoms with E-state index in [0.717, 1.165) is 76.1 Å². The summed E-state index contributed by atoms with van der Waals surface area (Å²) < 4.78 is 5.48. The van der Waals surface area contributed by atoms with Crippen LogP contribution in [0.3, 0.4) is 0 Å². The molecule has 0 bridgehead atoms. The number of rotatable bonds is 8. The first kappa shape index (κ1) is 26.4. The monoisotopic (exact) mass is 577 g/mol. The second-order valence-electron chi connectivity index (χ2n) is 8.52. The molecule has 1 amide bonds. The Kier molecular flexibility index (Phi) is 10.6. The van der Waals surface area contributed by atoms with E-state index in [-0.39, 0.29) is 29.9 Å². The Morgan fingerprint density at radius 1 is 1.00 bits per heavy atom. The average molecular weight is 578 g/mol. The van der Waals surface area contributed by atoms with E-state index in [0.29, 0.717) is 13.0 Å². The lowest BCUT2D eigenvalue weighted by Crippen LogP contribution is -2.38. The molecule has 2 heterocycles. The van der Waals surface area contributed by atoms with Gasteiger partial charge in [-0.3, -0.25) is 9.69 Å². The fourth-order valence-corrected chi connectivity index (χ4v) is 4.28. The molecule has 4 rings (SSSR count). The third-order valence-electron chi connectivity index (χ3n) is 6.15. The summed E-state index contributed by atoms with van der Waals surface area (Å²) in [6.45, 7) is 9.54. The summed E-state index contributed by atoms with van der Waals surface area (Å²) in [5.74, 6) is 1.02. The highest BCUT2D eigenvalue weighted by Gasteiger charge is 2.21. The minimum atomic E-state index is 0. The predicted molar refractivity (Wildman–Crippen MR) is 148 cm³/mol. The molecule has 2 saturated heterocycles. The zero-order valence-electron chi connectivity index (χ0n) is 20.0. The van der Waals surface area contributed by atoms with Crippen molar-refractivity contribution in [1.29, 1.82) is 0 Å². The van der Waals surface area contributed by atoms with Gasteiger partial charge >= 0.3 is 0 Å². The van der Waals surface area contributed by atoms with Gasteiger partial charge in [-0.15, -0.1) is 24.0 Å². The molecule has 2 aliphatic rings. The SMILES string of the molecule is CCNC(=NCc1ccc(N2CCCC2=O)cc1)NCc1ccccc1CN1CCOCC1.I. The van der Waals surface area contributed by atoms with Gasteiger partial charge in [0.05, 0.1) is 19.8 Å². The van der Waals surface area contributed by atoms with Crippen molar-refractivity contribution in [2.75, 3.05) is 44.3 Å². The Labute approximate surface area is 220 Å². The molecule has 2 aliphatic heterocycles. The number of morpholine rings is 1.